The van der Waals surface area contributed by atoms with Gasteiger partial charge in [-0.2, -0.15) is 10.1 Å². The summed E-state index contributed by atoms with van der Waals surface area (Å²) in [6.45, 7) is 0. The first-order chi connectivity index (χ1) is 7.33. The Hall–Kier alpha value is -1.88. The topological polar surface area (TPSA) is 67.6 Å². The summed E-state index contributed by atoms with van der Waals surface area (Å²) in [5, 5.41) is 6.99. The van der Waals surface area contributed by atoms with Crippen LogP contribution in [0.25, 0.3) is 22.8 Å². The van der Waals surface area contributed by atoms with Crippen LogP contribution in [0.3, 0.4) is 0 Å². The summed E-state index contributed by atoms with van der Waals surface area (Å²) in [4.78, 5) is 8.24. The van der Waals surface area contributed by atoms with E-state index in [4.69, 9.17) is 16.0 Å². The van der Waals surface area contributed by atoms with Crippen molar-refractivity contribution in [3.63, 3.8) is 0 Å². The Morgan fingerprint density at radius 3 is 3.07 bits per heavy atom. The van der Waals surface area contributed by atoms with Crippen molar-refractivity contribution in [2.24, 2.45) is 0 Å². The van der Waals surface area contributed by atoms with Gasteiger partial charge in [0.05, 0.1) is 0 Å². The van der Waals surface area contributed by atoms with Crippen molar-refractivity contribution in [1.29, 1.82) is 0 Å². The van der Waals surface area contributed by atoms with E-state index in [1.54, 1.807) is 24.4 Å². The van der Waals surface area contributed by atoms with Crippen LogP contribution in [-0.4, -0.2) is 20.2 Å². The second-order valence-corrected chi connectivity index (χ2v) is 3.35. The number of nitrogens with zero attached hydrogens (tertiary/aromatic N) is 3. The molecule has 0 aliphatic carbocycles. The smallest absolute Gasteiger partial charge is 0.249 e. The second kappa shape index (κ2) is 3.06. The highest BCUT2D eigenvalue weighted by Gasteiger charge is 2.11. The largest absolute Gasteiger partial charge is 0.433 e. The van der Waals surface area contributed by atoms with E-state index in [1.165, 1.54) is 0 Å². The van der Waals surface area contributed by atoms with Gasteiger partial charge in [-0.05, 0) is 12.1 Å². The molecule has 6 heteroatoms. The van der Waals surface area contributed by atoms with Gasteiger partial charge >= 0.3 is 0 Å². The number of H-pyrrole nitrogens is 1. The van der Waals surface area contributed by atoms with E-state index in [-0.39, 0.29) is 0 Å². The van der Waals surface area contributed by atoms with Gasteiger partial charge in [0.1, 0.15) is 10.8 Å². The molecule has 0 amide bonds. The highest BCUT2D eigenvalue weighted by molar-refractivity contribution is 6.29. The Morgan fingerprint density at radius 2 is 2.33 bits per heavy atom. The Kier molecular flexibility index (Phi) is 1.72. The average molecular weight is 221 g/mol. The third-order valence-corrected chi connectivity index (χ3v) is 2.12. The number of oxazole rings is 1. The third-order valence-electron chi connectivity index (χ3n) is 1.93. The Labute approximate surface area is 89.1 Å². The van der Waals surface area contributed by atoms with Gasteiger partial charge in [-0.25, -0.2) is 4.98 Å². The van der Waals surface area contributed by atoms with Gasteiger partial charge in [-0.1, -0.05) is 11.6 Å². The first kappa shape index (κ1) is 8.43. The SMILES string of the molecule is Clc1cc(-c2nc3ncccc3o2)n[nH]1. The maximum Gasteiger partial charge on any atom is 0.249 e. The van der Waals surface area contributed by atoms with E-state index >= 15 is 0 Å². The van der Waals surface area contributed by atoms with Crippen molar-refractivity contribution in [1.82, 2.24) is 20.2 Å². The number of nitrogens with one attached hydrogen (secondary N) is 1. The van der Waals surface area contributed by atoms with Crippen LogP contribution in [0, 0.1) is 0 Å². The molecule has 0 aliphatic heterocycles. The van der Waals surface area contributed by atoms with Gasteiger partial charge in [0.25, 0.3) is 0 Å². The summed E-state index contributed by atoms with van der Waals surface area (Å²) in [5.74, 6) is 0.409. The van der Waals surface area contributed by atoms with Gasteiger partial charge in [-0.15, -0.1) is 0 Å². The molecule has 0 unspecified atom stereocenters. The van der Waals surface area contributed by atoms with Crippen LogP contribution in [0.5, 0.6) is 0 Å². The molecule has 0 fully saturated rings. The van der Waals surface area contributed by atoms with Crippen LogP contribution in [0.15, 0.2) is 28.8 Å². The molecule has 5 nitrogen and oxygen atoms in total. The molecule has 15 heavy (non-hydrogen) atoms. The lowest BCUT2D eigenvalue weighted by atomic mass is 10.4. The molecule has 0 saturated carbocycles. The predicted octanol–water partition coefficient (Wildman–Crippen LogP) is 2.27. The summed E-state index contributed by atoms with van der Waals surface area (Å²) in [5.41, 5.74) is 1.76. The normalized spacial score (nSPS) is 11.0. The standard InChI is InChI=1S/C9H5ClN4O/c10-7-4-5(13-14-7)9-12-8-6(15-9)2-1-3-11-8/h1-4H,(H,13,14). The van der Waals surface area contributed by atoms with E-state index in [2.05, 4.69) is 20.2 Å². The molecule has 1 N–H and O–H groups in total. The lowest BCUT2D eigenvalue weighted by molar-refractivity contribution is 0.616. The predicted molar refractivity (Wildman–Crippen MR) is 54.4 cm³/mol. The van der Waals surface area contributed by atoms with Crippen LogP contribution in [-0.2, 0) is 0 Å². The van der Waals surface area contributed by atoms with Crippen LogP contribution >= 0.6 is 11.6 Å². The van der Waals surface area contributed by atoms with Gasteiger partial charge in [-0.3, -0.25) is 5.10 Å². The molecule has 0 aromatic carbocycles. The molecule has 0 bridgehead atoms. The number of halogens is 1. The van der Waals surface area contributed by atoms with Gasteiger partial charge in [0.15, 0.2) is 11.2 Å². The zero-order chi connectivity index (χ0) is 10.3. The first-order valence-electron chi connectivity index (χ1n) is 4.26. The number of hydrogen-bond donors (Lipinski definition) is 1. The van der Waals surface area contributed by atoms with Gasteiger partial charge < -0.3 is 4.42 Å². The summed E-state index contributed by atoms with van der Waals surface area (Å²) >= 11 is 5.71. The zero-order valence-corrected chi connectivity index (χ0v) is 8.19. The highest BCUT2D eigenvalue weighted by atomic mass is 35.5. The molecular formula is C9H5ClN4O. The number of pyridine rings is 1. The fourth-order valence-corrected chi connectivity index (χ4v) is 1.43. The number of hydrogen-bond acceptors (Lipinski definition) is 4. The van der Waals surface area contributed by atoms with Crippen LogP contribution in [0.4, 0.5) is 0 Å². The van der Waals surface area contributed by atoms with Crippen molar-refractivity contribution in [2.45, 2.75) is 0 Å². The van der Waals surface area contributed by atoms with Crippen molar-refractivity contribution in [2.75, 3.05) is 0 Å². The molecule has 0 spiro atoms. The van der Waals surface area contributed by atoms with Crippen molar-refractivity contribution >= 4 is 22.8 Å². The minimum atomic E-state index is 0.409. The summed E-state index contributed by atoms with van der Waals surface area (Å²) in [6, 6.07) is 5.23. The van der Waals surface area contributed by atoms with Crippen molar-refractivity contribution in [3.8, 4) is 11.6 Å². The fourth-order valence-electron chi connectivity index (χ4n) is 1.29. The number of aromatic nitrogens is 4. The minimum absolute atomic E-state index is 0.409. The fraction of sp³-hybridized carbons (Fsp3) is 0. The number of rotatable bonds is 1. The monoisotopic (exact) mass is 220 g/mol. The minimum Gasteiger partial charge on any atom is -0.433 e. The van der Waals surface area contributed by atoms with E-state index < -0.39 is 0 Å². The van der Waals surface area contributed by atoms with Gasteiger partial charge in [0, 0.05) is 12.3 Å². The molecule has 0 saturated heterocycles. The highest BCUT2D eigenvalue weighted by Crippen LogP contribution is 2.22. The summed E-state index contributed by atoms with van der Waals surface area (Å²) < 4.78 is 5.45. The van der Waals surface area contributed by atoms with Crippen LogP contribution in [0.2, 0.25) is 5.15 Å². The molecule has 0 radical (unpaired) electrons. The number of aromatic amines is 1. The van der Waals surface area contributed by atoms with Crippen molar-refractivity contribution in [3.05, 3.63) is 29.5 Å². The molecule has 3 heterocycles. The van der Waals surface area contributed by atoms with Crippen molar-refractivity contribution < 1.29 is 4.42 Å². The van der Waals surface area contributed by atoms with E-state index in [0.29, 0.717) is 28.0 Å². The Bertz CT molecular complexity index is 582. The molecule has 3 aromatic heterocycles. The van der Waals surface area contributed by atoms with Gasteiger partial charge in [0.2, 0.25) is 5.89 Å². The summed E-state index contributed by atoms with van der Waals surface area (Å²) in [7, 11) is 0. The van der Waals surface area contributed by atoms with E-state index in [0.717, 1.165) is 0 Å². The molecule has 0 aliphatic rings. The lowest BCUT2D eigenvalue weighted by Gasteiger charge is -1.82. The van der Waals surface area contributed by atoms with E-state index in [1.807, 2.05) is 0 Å². The Morgan fingerprint density at radius 1 is 1.40 bits per heavy atom. The number of fused-ring (bicyclic) bond motifs is 1. The lowest BCUT2D eigenvalue weighted by Crippen LogP contribution is -1.77. The molecule has 0 atom stereocenters. The molecule has 74 valence electrons. The Balaban J connectivity index is 2.19. The molecular weight excluding hydrogens is 216 g/mol. The zero-order valence-electron chi connectivity index (χ0n) is 7.44. The molecule has 3 aromatic rings. The van der Waals surface area contributed by atoms with Crippen LogP contribution in [0.1, 0.15) is 0 Å². The summed E-state index contributed by atoms with van der Waals surface area (Å²) in [6.07, 6.45) is 1.66. The third kappa shape index (κ3) is 1.37. The maximum atomic E-state index is 5.71. The molecule has 3 rings (SSSR count). The quantitative estimate of drug-likeness (QED) is 0.683. The maximum absolute atomic E-state index is 5.71. The van der Waals surface area contributed by atoms with E-state index in [9.17, 15) is 0 Å². The van der Waals surface area contributed by atoms with Crippen LogP contribution < -0.4 is 0 Å². The average Bonchev–Trinajstić information content (AvgIpc) is 2.82. The first-order valence-corrected chi connectivity index (χ1v) is 4.63. The second-order valence-electron chi connectivity index (χ2n) is 2.95.